The van der Waals surface area contributed by atoms with Gasteiger partial charge in [-0.25, -0.2) is 0 Å². The highest BCUT2D eigenvalue weighted by atomic mass is 79.9. The maximum absolute atomic E-state index is 13.4. The predicted octanol–water partition coefficient (Wildman–Crippen LogP) is 4.24. The predicted molar refractivity (Wildman–Crippen MR) is 100 cm³/mol. The molecule has 0 atom stereocenters. The second-order valence-corrected chi connectivity index (χ2v) is 9.47. The highest BCUT2D eigenvalue weighted by Gasteiger charge is 2.54. The zero-order valence-corrected chi connectivity index (χ0v) is 16.4. The molecular weight excluding hydrogens is 394 g/mol. The topological polar surface area (TPSA) is 51.3 Å². The first-order valence-corrected chi connectivity index (χ1v) is 10.4. The van der Waals surface area contributed by atoms with Gasteiger partial charge in [0.15, 0.2) is 0 Å². The number of halogens is 1. The lowest BCUT2D eigenvalue weighted by Crippen LogP contribution is -2.61. The Kier molecular flexibility index (Phi) is 3.99. The Balaban J connectivity index is 1.44. The zero-order valence-electron chi connectivity index (χ0n) is 14.8. The van der Waals surface area contributed by atoms with Crippen LogP contribution in [-0.2, 0) is 17.9 Å². The lowest BCUT2D eigenvalue weighted by atomic mass is 9.52. The van der Waals surface area contributed by atoms with Crippen LogP contribution in [0.4, 0.5) is 0 Å². The quantitative estimate of drug-likeness (QED) is 0.730. The van der Waals surface area contributed by atoms with Crippen molar-refractivity contribution in [1.29, 1.82) is 0 Å². The fourth-order valence-corrected chi connectivity index (χ4v) is 6.45. The summed E-state index contributed by atoms with van der Waals surface area (Å²) >= 11 is 3.42. The van der Waals surface area contributed by atoms with Crippen LogP contribution in [0.1, 0.15) is 44.3 Å². The minimum Gasteiger partial charge on any atom is -0.467 e. The molecule has 0 spiro atoms. The largest absolute Gasteiger partial charge is 0.467 e. The third-order valence-electron chi connectivity index (χ3n) is 6.67. The molecular formula is C20H24BrN3O2. The average molecular weight is 418 g/mol. The van der Waals surface area contributed by atoms with Crippen LogP contribution in [-0.4, -0.2) is 26.1 Å². The minimum atomic E-state index is 0.0169. The van der Waals surface area contributed by atoms with E-state index in [1.54, 1.807) is 17.1 Å². The molecule has 0 N–H and O–H groups in total. The molecule has 6 rings (SSSR count). The van der Waals surface area contributed by atoms with Crippen molar-refractivity contribution < 1.29 is 9.21 Å². The third kappa shape index (κ3) is 2.92. The van der Waals surface area contributed by atoms with Crippen LogP contribution < -0.4 is 0 Å². The van der Waals surface area contributed by atoms with Gasteiger partial charge in [0, 0.05) is 11.7 Å². The number of hydrogen-bond acceptors (Lipinski definition) is 3. The van der Waals surface area contributed by atoms with Crippen LogP contribution in [0, 0.1) is 17.8 Å². The van der Waals surface area contributed by atoms with E-state index < -0.39 is 0 Å². The van der Waals surface area contributed by atoms with Gasteiger partial charge in [-0.1, -0.05) is 0 Å². The van der Waals surface area contributed by atoms with E-state index in [4.69, 9.17) is 4.42 Å². The molecule has 4 bridgehead atoms. The van der Waals surface area contributed by atoms with Crippen molar-refractivity contribution in [1.82, 2.24) is 14.7 Å². The standard InChI is InChI=1S/C20H24BrN3O2/c21-17-10-22-23(11-17)13-19(25)24(12-18-2-1-3-26-18)20-7-14-4-15(8-20)6-16(5-14)9-20/h1-3,10-11,14-16H,4-9,12-13H2. The summed E-state index contributed by atoms with van der Waals surface area (Å²) in [5.41, 5.74) is 0.0169. The van der Waals surface area contributed by atoms with Gasteiger partial charge in [0.2, 0.25) is 5.91 Å². The second kappa shape index (κ2) is 6.25. The van der Waals surface area contributed by atoms with Gasteiger partial charge in [0.1, 0.15) is 12.3 Å². The molecule has 0 radical (unpaired) electrons. The van der Waals surface area contributed by atoms with Gasteiger partial charge >= 0.3 is 0 Å². The summed E-state index contributed by atoms with van der Waals surface area (Å²) in [6.07, 6.45) is 12.9. The number of carbonyl (C=O) groups is 1. The molecule has 0 aromatic carbocycles. The van der Waals surface area contributed by atoms with E-state index in [9.17, 15) is 4.79 Å². The number of amides is 1. The van der Waals surface area contributed by atoms with Crippen LogP contribution in [0.25, 0.3) is 0 Å². The number of hydrogen-bond donors (Lipinski definition) is 0. The Morgan fingerprint density at radius 1 is 1.27 bits per heavy atom. The third-order valence-corrected chi connectivity index (χ3v) is 7.08. The van der Waals surface area contributed by atoms with Crippen LogP contribution in [0.5, 0.6) is 0 Å². The lowest BCUT2D eigenvalue weighted by molar-refractivity contribution is -0.153. The summed E-state index contributed by atoms with van der Waals surface area (Å²) in [6, 6.07) is 3.88. The first-order chi connectivity index (χ1) is 12.6. The molecule has 0 unspecified atom stereocenters. The molecule has 1 amide bonds. The summed E-state index contributed by atoms with van der Waals surface area (Å²) in [4.78, 5) is 15.5. The summed E-state index contributed by atoms with van der Waals surface area (Å²) in [6.45, 7) is 0.856. The van der Waals surface area contributed by atoms with Crippen LogP contribution in [0.15, 0.2) is 39.7 Å². The molecule has 4 aliphatic rings. The lowest BCUT2D eigenvalue weighted by Gasteiger charge is -2.60. The fraction of sp³-hybridized carbons (Fsp3) is 0.600. The highest BCUT2D eigenvalue weighted by Crippen LogP contribution is 2.58. The van der Waals surface area contributed by atoms with E-state index in [2.05, 4.69) is 25.9 Å². The van der Waals surface area contributed by atoms with Crippen molar-refractivity contribution >= 4 is 21.8 Å². The normalized spacial score (nSPS) is 32.1. The van der Waals surface area contributed by atoms with Crippen molar-refractivity contribution in [3.8, 4) is 0 Å². The summed E-state index contributed by atoms with van der Waals surface area (Å²) in [7, 11) is 0. The first-order valence-electron chi connectivity index (χ1n) is 9.60. The van der Waals surface area contributed by atoms with Crippen molar-refractivity contribution in [3.63, 3.8) is 0 Å². The summed E-state index contributed by atoms with van der Waals surface area (Å²) in [5, 5.41) is 4.28. The Hall–Kier alpha value is -1.56. The Morgan fingerprint density at radius 3 is 2.50 bits per heavy atom. The van der Waals surface area contributed by atoms with Crippen molar-refractivity contribution in [2.24, 2.45) is 17.8 Å². The van der Waals surface area contributed by atoms with Crippen molar-refractivity contribution in [2.45, 2.75) is 57.2 Å². The number of rotatable bonds is 5. The van der Waals surface area contributed by atoms with Gasteiger partial charge in [-0.2, -0.15) is 5.10 Å². The maximum Gasteiger partial charge on any atom is 0.245 e. The molecule has 0 aliphatic heterocycles. The Morgan fingerprint density at radius 2 is 1.96 bits per heavy atom. The maximum atomic E-state index is 13.4. The van der Waals surface area contributed by atoms with E-state index in [1.165, 1.54) is 19.3 Å². The molecule has 6 heteroatoms. The van der Waals surface area contributed by atoms with Crippen LogP contribution in [0.2, 0.25) is 0 Å². The monoisotopic (exact) mass is 417 g/mol. The van der Waals surface area contributed by atoms with Crippen molar-refractivity contribution in [2.75, 3.05) is 0 Å². The average Bonchev–Trinajstić information content (AvgIpc) is 3.23. The molecule has 4 fully saturated rings. The van der Waals surface area contributed by atoms with Gasteiger partial charge in [0.25, 0.3) is 0 Å². The molecule has 2 aromatic rings. The first kappa shape index (κ1) is 16.6. The van der Waals surface area contributed by atoms with Gasteiger partial charge in [-0.15, -0.1) is 0 Å². The van der Waals surface area contributed by atoms with Gasteiger partial charge in [-0.3, -0.25) is 9.48 Å². The highest BCUT2D eigenvalue weighted by molar-refractivity contribution is 9.10. The van der Waals surface area contributed by atoms with Gasteiger partial charge in [-0.05, 0) is 84.3 Å². The van der Waals surface area contributed by atoms with E-state index >= 15 is 0 Å². The molecule has 4 aliphatic carbocycles. The Labute approximate surface area is 161 Å². The minimum absolute atomic E-state index is 0.0169. The van der Waals surface area contributed by atoms with Crippen LogP contribution >= 0.6 is 15.9 Å². The van der Waals surface area contributed by atoms with Gasteiger partial charge < -0.3 is 9.32 Å². The molecule has 2 heterocycles. The number of nitrogens with zero attached hydrogens (tertiary/aromatic N) is 3. The van der Waals surface area contributed by atoms with E-state index in [-0.39, 0.29) is 18.0 Å². The van der Waals surface area contributed by atoms with Gasteiger partial charge in [0.05, 0.1) is 23.5 Å². The fourth-order valence-electron chi connectivity index (χ4n) is 6.12. The number of carbonyl (C=O) groups excluding carboxylic acids is 1. The van der Waals surface area contributed by atoms with Crippen molar-refractivity contribution in [3.05, 3.63) is 41.0 Å². The molecule has 0 saturated heterocycles. The second-order valence-electron chi connectivity index (χ2n) is 8.56. The van der Waals surface area contributed by atoms with Crippen LogP contribution in [0.3, 0.4) is 0 Å². The Bertz CT molecular complexity index is 763. The number of furan rings is 1. The summed E-state index contributed by atoms with van der Waals surface area (Å²) < 4.78 is 8.23. The summed E-state index contributed by atoms with van der Waals surface area (Å²) in [5.74, 6) is 3.42. The molecule has 2 aromatic heterocycles. The molecule has 138 valence electrons. The number of aromatic nitrogens is 2. The molecule has 5 nitrogen and oxygen atoms in total. The molecule has 4 saturated carbocycles. The molecule has 26 heavy (non-hydrogen) atoms. The van der Waals surface area contributed by atoms with E-state index in [0.717, 1.165) is 47.2 Å². The van der Waals surface area contributed by atoms with E-state index in [1.807, 2.05) is 18.3 Å². The zero-order chi connectivity index (χ0) is 17.7. The van der Waals surface area contributed by atoms with E-state index in [0.29, 0.717) is 6.54 Å². The smallest absolute Gasteiger partial charge is 0.245 e. The SMILES string of the molecule is O=C(Cn1cc(Br)cn1)N(Cc1ccco1)C12CC3CC(CC(C3)C1)C2.